The van der Waals surface area contributed by atoms with Crippen LogP contribution in [0, 0.1) is 5.92 Å². The van der Waals surface area contributed by atoms with Crippen LogP contribution in [0.1, 0.15) is 19.3 Å². The predicted octanol–water partition coefficient (Wildman–Crippen LogP) is -0.731. The summed E-state index contributed by atoms with van der Waals surface area (Å²) in [5.41, 5.74) is 0. The Labute approximate surface area is 113 Å². The SMILES string of the molecule is O=C(CCOCC1CCCO1)NCC1CNCC1O. The second-order valence-electron chi connectivity index (χ2n) is 5.25. The minimum atomic E-state index is -0.351. The fourth-order valence-electron chi connectivity index (χ4n) is 2.42. The third-order valence-electron chi connectivity index (χ3n) is 3.67. The predicted molar refractivity (Wildman–Crippen MR) is 69.8 cm³/mol. The Morgan fingerprint density at radius 3 is 3.05 bits per heavy atom. The summed E-state index contributed by atoms with van der Waals surface area (Å²) in [5, 5.41) is 15.5. The first-order chi connectivity index (χ1) is 9.25. The third-order valence-corrected chi connectivity index (χ3v) is 3.67. The number of amides is 1. The van der Waals surface area contributed by atoms with Gasteiger partial charge < -0.3 is 25.2 Å². The van der Waals surface area contributed by atoms with Crippen LogP contribution >= 0.6 is 0 Å². The maximum atomic E-state index is 11.6. The second-order valence-corrected chi connectivity index (χ2v) is 5.25. The van der Waals surface area contributed by atoms with Crippen molar-refractivity contribution in [1.29, 1.82) is 0 Å². The van der Waals surface area contributed by atoms with E-state index in [2.05, 4.69) is 10.6 Å². The summed E-state index contributed by atoms with van der Waals surface area (Å²) in [6.07, 6.45) is 2.38. The van der Waals surface area contributed by atoms with Crippen LogP contribution < -0.4 is 10.6 Å². The fraction of sp³-hybridized carbons (Fsp3) is 0.923. The van der Waals surface area contributed by atoms with Crippen LogP contribution in [0.15, 0.2) is 0 Å². The van der Waals surface area contributed by atoms with Crippen molar-refractivity contribution >= 4 is 5.91 Å². The van der Waals surface area contributed by atoms with Crippen LogP contribution in [0.5, 0.6) is 0 Å². The van der Waals surface area contributed by atoms with Crippen LogP contribution in [-0.2, 0) is 14.3 Å². The van der Waals surface area contributed by atoms with Crippen molar-refractivity contribution in [3.8, 4) is 0 Å². The Balaban J connectivity index is 1.47. The zero-order chi connectivity index (χ0) is 13.5. The molecule has 2 saturated heterocycles. The van der Waals surface area contributed by atoms with E-state index in [0.717, 1.165) is 26.0 Å². The van der Waals surface area contributed by atoms with Gasteiger partial charge in [-0.25, -0.2) is 0 Å². The van der Waals surface area contributed by atoms with Gasteiger partial charge in [-0.1, -0.05) is 0 Å². The van der Waals surface area contributed by atoms with Crippen LogP contribution in [0.25, 0.3) is 0 Å². The molecule has 110 valence electrons. The molecular formula is C13H24N2O4. The van der Waals surface area contributed by atoms with Crippen molar-refractivity contribution in [2.45, 2.75) is 31.5 Å². The van der Waals surface area contributed by atoms with Crippen molar-refractivity contribution in [3.05, 3.63) is 0 Å². The molecule has 0 aliphatic carbocycles. The molecule has 3 N–H and O–H groups in total. The highest BCUT2D eigenvalue weighted by atomic mass is 16.5. The highest BCUT2D eigenvalue weighted by Crippen LogP contribution is 2.12. The van der Waals surface area contributed by atoms with Crippen LogP contribution in [0.3, 0.4) is 0 Å². The van der Waals surface area contributed by atoms with E-state index in [1.807, 2.05) is 0 Å². The average Bonchev–Trinajstić information content (AvgIpc) is 3.04. The van der Waals surface area contributed by atoms with E-state index in [4.69, 9.17) is 9.47 Å². The average molecular weight is 272 g/mol. The Hall–Kier alpha value is -0.690. The highest BCUT2D eigenvalue weighted by molar-refractivity contribution is 5.75. The number of hydrogen-bond acceptors (Lipinski definition) is 5. The van der Waals surface area contributed by atoms with Gasteiger partial charge in [-0.15, -0.1) is 0 Å². The highest BCUT2D eigenvalue weighted by Gasteiger charge is 2.24. The van der Waals surface area contributed by atoms with E-state index in [0.29, 0.717) is 32.7 Å². The number of rotatable bonds is 7. The van der Waals surface area contributed by atoms with Gasteiger partial charge in [0, 0.05) is 38.6 Å². The van der Waals surface area contributed by atoms with E-state index < -0.39 is 0 Å². The van der Waals surface area contributed by atoms with Gasteiger partial charge in [-0.3, -0.25) is 4.79 Å². The summed E-state index contributed by atoms with van der Waals surface area (Å²) in [6.45, 7) is 3.74. The van der Waals surface area contributed by atoms with Crippen molar-refractivity contribution < 1.29 is 19.4 Å². The van der Waals surface area contributed by atoms with E-state index in [1.165, 1.54) is 0 Å². The molecule has 0 aromatic carbocycles. The molecule has 2 aliphatic heterocycles. The molecule has 2 fully saturated rings. The van der Waals surface area contributed by atoms with E-state index >= 15 is 0 Å². The van der Waals surface area contributed by atoms with Crippen molar-refractivity contribution in [3.63, 3.8) is 0 Å². The molecule has 0 radical (unpaired) electrons. The normalized spacial score (nSPS) is 30.7. The molecule has 6 heteroatoms. The quantitative estimate of drug-likeness (QED) is 0.532. The lowest BCUT2D eigenvalue weighted by Gasteiger charge is -2.14. The van der Waals surface area contributed by atoms with Crippen molar-refractivity contribution in [2.24, 2.45) is 5.92 Å². The summed E-state index contributed by atoms with van der Waals surface area (Å²) in [5.74, 6) is 0.100. The van der Waals surface area contributed by atoms with Crippen molar-refractivity contribution in [2.75, 3.05) is 39.5 Å². The topological polar surface area (TPSA) is 79.8 Å². The van der Waals surface area contributed by atoms with Crippen LogP contribution in [0.2, 0.25) is 0 Å². The molecule has 19 heavy (non-hydrogen) atoms. The first kappa shape index (κ1) is 14.7. The molecule has 2 rings (SSSR count). The van der Waals surface area contributed by atoms with Gasteiger partial charge in [-0.05, 0) is 12.8 Å². The number of nitrogens with one attached hydrogen (secondary N) is 2. The number of carbonyl (C=O) groups is 1. The Morgan fingerprint density at radius 1 is 1.47 bits per heavy atom. The number of aliphatic hydroxyl groups excluding tert-OH is 1. The third kappa shape index (κ3) is 5.06. The Morgan fingerprint density at radius 2 is 2.37 bits per heavy atom. The number of β-amino-alcohol motifs (C(OH)–C–C–N with tert-alkyl or cyclic N) is 1. The van der Waals surface area contributed by atoms with Crippen molar-refractivity contribution in [1.82, 2.24) is 10.6 Å². The summed E-state index contributed by atoms with van der Waals surface area (Å²) in [4.78, 5) is 11.6. The number of aliphatic hydroxyl groups is 1. The van der Waals surface area contributed by atoms with Crippen LogP contribution in [0.4, 0.5) is 0 Å². The van der Waals surface area contributed by atoms with E-state index in [1.54, 1.807) is 0 Å². The standard InChI is InChI=1S/C13H24N2O4/c16-12-8-14-6-10(12)7-15-13(17)3-5-18-9-11-2-1-4-19-11/h10-12,14,16H,1-9H2,(H,15,17). The fourth-order valence-corrected chi connectivity index (χ4v) is 2.42. The van der Waals surface area contributed by atoms with Gasteiger partial charge in [0.25, 0.3) is 0 Å². The molecule has 6 nitrogen and oxygen atoms in total. The maximum absolute atomic E-state index is 11.6. The molecule has 2 heterocycles. The molecule has 2 aliphatic rings. The van der Waals surface area contributed by atoms with Gasteiger partial charge in [0.2, 0.25) is 5.91 Å². The summed E-state index contributed by atoms with van der Waals surface area (Å²) in [7, 11) is 0. The molecule has 0 bridgehead atoms. The number of ether oxygens (including phenoxy) is 2. The van der Waals surface area contributed by atoms with E-state index in [-0.39, 0.29) is 24.0 Å². The molecule has 0 aromatic heterocycles. The lowest BCUT2D eigenvalue weighted by atomic mass is 10.1. The molecule has 1 amide bonds. The monoisotopic (exact) mass is 272 g/mol. The zero-order valence-electron chi connectivity index (χ0n) is 11.3. The minimum Gasteiger partial charge on any atom is -0.391 e. The first-order valence-electron chi connectivity index (χ1n) is 7.10. The smallest absolute Gasteiger partial charge is 0.222 e. The van der Waals surface area contributed by atoms with Gasteiger partial charge in [-0.2, -0.15) is 0 Å². The van der Waals surface area contributed by atoms with Gasteiger partial charge >= 0.3 is 0 Å². The minimum absolute atomic E-state index is 0.0218. The molecular weight excluding hydrogens is 248 g/mol. The molecule has 0 spiro atoms. The summed E-state index contributed by atoms with van der Waals surface area (Å²) in [6, 6.07) is 0. The zero-order valence-corrected chi connectivity index (χ0v) is 11.3. The van der Waals surface area contributed by atoms with E-state index in [9.17, 15) is 9.90 Å². The van der Waals surface area contributed by atoms with Crippen LogP contribution in [-0.4, -0.2) is 62.7 Å². The number of hydrogen-bond donors (Lipinski definition) is 3. The van der Waals surface area contributed by atoms with Gasteiger partial charge in [0.05, 0.1) is 25.4 Å². The lowest BCUT2D eigenvalue weighted by molar-refractivity contribution is -0.122. The summed E-state index contributed by atoms with van der Waals surface area (Å²) >= 11 is 0. The van der Waals surface area contributed by atoms with Gasteiger partial charge in [0.1, 0.15) is 0 Å². The maximum Gasteiger partial charge on any atom is 0.222 e. The first-order valence-corrected chi connectivity index (χ1v) is 7.10. The molecule has 0 aromatic rings. The summed E-state index contributed by atoms with van der Waals surface area (Å²) < 4.78 is 10.9. The second kappa shape index (κ2) is 7.79. The number of carbonyl (C=O) groups excluding carboxylic acids is 1. The lowest BCUT2D eigenvalue weighted by Crippen LogP contribution is -2.34. The molecule has 3 unspecified atom stereocenters. The largest absolute Gasteiger partial charge is 0.391 e. The molecule has 0 saturated carbocycles. The Kier molecular flexibility index (Phi) is 6.03. The van der Waals surface area contributed by atoms with Gasteiger partial charge in [0.15, 0.2) is 0 Å². The molecule has 3 atom stereocenters. The Bertz CT molecular complexity index is 282.